The number of hydrazone groups is 1. The van der Waals surface area contributed by atoms with E-state index < -0.39 is 5.41 Å². The smallest absolute Gasteiger partial charge is 0.260 e. The molecule has 0 N–H and O–H groups in total. The third-order valence-corrected chi connectivity index (χ3v) is 6.62. The Labute approximate surface area is 159 Å². The van der Waals surface area contributed by atoms with Crippen molar-refractivity contribution in [3.8, 4) is 5.75 Å². The lowest BCUT2D eigenvalue weighted by Crippen LogP contribution is -2.41. The molecule has 0 fully saturated rings. The number of benzene rings is 2. The molecule has 2 aliphatic rings. The van der Waals surface area contributed by atoms with Crippen LogP contribution in [0.3, 0.4) is 0 Å². The molecule has 0 aromatic heterocycles. The highest BCUT2D eigenvalue weighted by Crippen LogP contribution is 2.46. The predicted molar refractivity (Wildman–Crippen MR) is 102 cm³/mol. The highest BCUT2D eigenvalue weighted by atomic mass is 35.5. The van der Waals surface area contributed by atoms with E-state index in [-0.39, 0.29) is 5.91 Å². The van der Waals surface area contributed by atoms with Crippen molar-refractivity contribution in [2.24, 2.45) is 10.5 Å². The number of hydrogen-bond acceptors (Lipinski definition) is 4. The van der Waals surface area contributed by atoms with E-state index in [4.69, 9.17) is 27.9 Å². The van der Waals surface area contributed by atoms with Gasteiger partial charge in [-0.2, -0.15) is 10.1 Å². The SMILES string of the molecule is COc1ccc2c(c1)C1=NN(c3ccc(Cl)c(Cl)c3)C(=O)C1(C)CS2. The number of hydrogen-bond donors (Lipinski definition) is 0. The zero-order chi connectivity index (χ0) is 17.8. The Morgan fingerprint density at radius 2 is 2.00 bits per heavy atom. The summed E-state index contributed by atoms with van der Waals surface area (Å²) in [7, 11) is 1.63. The van der Waals surface area contributed by atoms with E-state index in [1.807, 2.05) is 25.1 Å². The Morgan fingerprint density at radius 1 is 1.20 bits per heavy atom. The molecule has 1 amide bonds. The highest BCUT2D eigenvalue weighted by molar-refractivity contribution is 7.99. The Hall–Kier alpha value is -1.69. The molecule has 0 radical (unpaired) electrons. The summed E-state index contributed by atoms with van der Waals surface area (Å²) >= 11 is 13.8. The number of carbonyl (C=O) groups excluding carboxylic acids is 1. The van der Waals surface area contributed by atoms with Crippen molar-refractivity contribution in [2.75, 3.05) is 17.9 Å². The number of ether oxygens (including phenoxy) is 1. The number of thioether (sulfide) groups is 1. The summed E-state index contributed by atoms with van der Waals surface area (Å²) in [5, 5.41) is 6.91. The molecule has 2 heterocycles. The highest BCUT2D eigenvalue weighted by Gasteiger charge is 2.51. The molecule has 1 unspecified atom stereocenters. The molecule has 2 aliphatic heterocycles. The van der Waals surface area contributed by atoms with Crippen LogP contribution in [0.15, 0.2) is 46.4 Å². The lowest BCUT2D eigenvalue weighted by molar-refractivity contribution is -0.122. The van der Waals surface area contributed by atoms with Gasteiger partial charge in [0.15, 0.2) is 0 Å². The van der Waals surface area contributed by atoms with Crippen LogP contribution in [0.4, 0.5) is 5.69 Å². The van der Waals surface area contributed by atoms with Crippen molar-refractivity contribution in [1.29, 1.82) is 0 Å². The van der Waals surface area contributed by atoms with Crippen LogP contribution in [0.5, 0.6) is 5.75 Å². The van der Waals surface area contributed by atoms with Crippen molar-refractivity contribution in [1.82, 2.24) is 0 Å². The second-order valence-corrected chi connectivity index (χ2v) is 7.98. The zero-order valence-electron chi connectivity index (χ0n) is 13.5. The first kappa shape index (κ1) is 16.8. The van der Waals surface area contributed by atoms with E-state index in [0.29, 0.717) is 21.5 Å². The standard InChI is InChI=1S/C18H14Cl2N2O2S/c1-18-9-25-15-6-4-11(24-2)8-12(15)16(18)21-22(17(18)23)10-3-5-13(19)14(20)7-10/h3-8H,9H2,1-2H3. The second-order valence-electron chi connectivity index (χ2n) is 6.15. The molecule has 0 saturated carbocycles. The van der Waals surface area contributed by atoms with Crippen LogP contribution in [-0.2, 0) is 4.79 Å². The molecule has 4 rings (SSSR count). The number of anilines is 1. The molecule has 0 saturated heterocycles. The third-order valence-electron chi connectivity index (χ3n) is 4.49. The second kappa shape index (κ2) is 5.94. The average Bonchev–Trinajstić information content (AvgIpc) is 2.89. The zero-order valence-corrected chi connectivity index (χ0v) is 15.9. The van der Waals surface area contributed by atoms with Gasteiger partial charge in [0.05, 0.1) is 28.6 Å². The molecule has 7 heteroatoms. The van der Waals surface area contributed by atoms with Gasteiger partial charge >= 0.3 is 0 Å². The molecule has 0 spiro atoms. The molecular weight excluding hydrogens is 379 g/mol. The quantitative estimate of drug-likeness (QED) is 0.732. The summed E-state index contributed by atoms with van der Waals surface area (Å²) in [5.41, 5.74) is 1.62. The maximum atomic E-state index is 13.1. The number of halogens is 2. The van der Waals surface area contributed by atoms with Crippen molar-refractivity contribution in [3.05, 3.63) is 52.0 Å². The van der Waals surface area contributed by atoms with Crippen LogP contribution in [0.25, 0.3) is 0 Å². The minimum absolute atomic E-state index is 0.0677. The van der Waals surface area contributed by atoms with Gasteiger partial charge in [0.25, 0.3) is 5.91 Å². The van der Waals surface area contributed by atoms with Gasteiger partial charge in [0, 0.05) is 16.2 Å². The molecule has 0 aliphatic carbocycles. The molecular formula is C18H14Cl2N2O2S. The summed E-state index contributed by atoms with van der Waals surface area (Å²) in [4.78, 5) is 14.2. The number of amides is 1. The van der Waals surface area contributed by atoms with E-state index in [1.165, 1.54) is 5.01 Å². The first-order valence-electron chi connectivity index (χ1n) is 7.64. The Morgan fingerprint density at radius 3 is 2.72 bits per heavy atom. The van der Waals surface area contributed by atoms with Gasteiger partial charge in [-0.25, -0.2) is 0 Å². The van der Waals surface area contributed by atoms with Crippen LogP contribution >= 0.6 is 35.0 Å². The van der Waals surface area contributed by atoms with Gasteiger partial charge in [0.2, 0.25) is 0 Å². The van der Waals surface area contributed by atoms with Gasteiger partial charge in [0.1, 0.15) is 11.2 Å². The summed E-state index contributed by atoms with van der Waals surface area (Å²) in [6.45, 7) is 1.93. The minimum Gasteiger partial charge on any atom is -0.497 e. The Bertz CT molecular complexity index is 931. The largest absolute Gasteiger partial charge is 0.497 e. The molecule has 128 valence electrons. The number of methoxy groups -OCH3 is 1. The Balaban J connectivity index is 1.85. The van der Waals surface area contributed by atoms with Crippen LogP contribution in [0.1, 0.15) is 12.5 Å². The monoisotopic (exact) mass is 392 g/mol. The van der Waals surface area contributed by atoms with Crippen LogP contribution in [-0.4, -0.2) is 24.5 Å². The molecule has 2 aromatic rings. The fourth-order valence-electron chi connectivity index (χ4n) is 3.03. The lowest BCUT2D eigenvalue weighted by atomic mass is 9.82. The first-order valence-corrected chi connectivity index (χ1v) is 9.38. The minimum atomic E-state index is -0.684. The summed E-state index contributed by atoms with van der Waals surface area (Å²) in [5.74, 6) is 1.32. The number of carbonyl (C=O) groups is 1. The number of rotatable bonds is 2. The van der Waals surface area contributed by atoms with Crippen LogP contribution < -0.4 is 9.75 Å². The first-order chi connectivity index (χ1) is 11.9. The fourth-order valence-corrected chi connectivity index (χ4v) is 4.50. The number of fused-ring (bicyclic) bond motifs is 3. The van der Waals surface area contributed by atoms with E-state index in [1.54, 1.807) is 37.1 Å². The fraction of sp³-hybridized carbons (Fsp3) is 0.222. The maximum Gasteiger partial charge on any atom is 0.260 e. The van der Waals surface area contributed by atoms with Crippen molar-refractivity contribution < 1.29 is 9.53 Å². The van der Waals surface area contributed by atoms with Gasteiger partial charge in [-0.1, -0.05) is 23.2 Å². The molecule has 25 heavy (non-hydrogen) atoms. The molecule has 1 atom stereocenters. The van der Waals surface area contributed by atoms with E-state index in [9.17, 15) is 4.79 Å². The van der Waals surface area contributed by atoms with Crippen LogP contribution in [0, 0.1) is 5.41 Å². The topological polar surface area (TPSA) is 41.9 Å². The normalized spacial score (nSPS) is 21.7. The van der Waals surface area contributed by atoms with Gasteiger partial charge in [-0.15, -0.1) is 11.8 Å². The lowest BCUT2D eigenvalue weighted by Gasteiger charge is -2.29. The van der Waals surface area contributed by atoms with Gasteiger partial charge in [-0.05, 0) is 43.3 Å². The van der Waals surface area contributed by atoms with Crippen molar-refractivity contribution in [2.45, 2.75) is 11.8 Å². The summed E-state index contributed by atoms with van der Waals surface area (Å²) in [6, 6.07) is 10.9. The van der Waals surface area contributed by atoms with E-state index in [0.717, 1.165) is 21.9 Å². The van der Waals surface area contributed by atoms with Gasteiger partial charge in [-0.3, -0.25) is 4.79 Å². The summed E-state index contributed by atoms with van der Waals surface area (Å²) in [6.07, 6.45) is 0. The van der Waals surface area contributed by atoms with E-state index in [2.05, 4.69) is 5.10 Å². The van der Waals surface area contributed by atoms with Gasteiger partial charge < -0.3 is 4.74 Å². The average molecular weight is 393 g/mol. The number of nitrogens with zero attached hydrogens (tertiary/aromatic N) is 2. The van der Waals surface area contributed by atoms with Crippen molar-refractivity contribution >= 4 is 52.3 Å². The summed E-state index contributed by atoms with van der Waals surface area (Å²) < 4.78 is 5.33. The van der Waals surface area contributed by atoms with Crippen LogP contribution in [0.2, 0.25) is 10.0 Å². The third kappa shape index (κ3) is 2.53. The van der Waals surface area contributed by atoms with E-state index >= 15 is 0 Å². The predicted octanol–water partition coefficient (Wildman–Crippen LogP) is 4.86. The molecule has 4 nitrogen and oxygen atoms in total. The Kier molecular flexibility index (Phi) is 3.98. The maximum absolute atomic E-state index is 13.1. The molecule has 0 bridgehead atoms. The molecule has 2 aromatic carbocycles. The van der Waals surface area contributed by atoms with Crippen molar-refractivity contribution in [3.63, 3.8) is 0 Å².